The molecule has 4 N–H and O–H groups in total. The molecule has 0 spiro atoms. The summed E-state index contributed by atoms with van der Waals surface area (Å²) < 4.78 is 24.3. The van der Waals surface area contributed by atoms with Crippen molar-refractivity contribution in [3.8, 4) is 0 Å². The third kappa shape index (κ3) is 9.60. The number of piperidine rings is 2. The number of nitrogens with zero attached hydrogens (tertiary/aromatic N) is 2. The summed E-state index contributed by atoms with van der Waals surface area (Å²) in [5, 5.41) is 13.0. The van der Waals surface area contributed by atoms with E-state index < -0.39 is 5.82 Å². The van der Waals surface area contributed by atoms with Crippen LogP contribution < -0.4 is 21.3 Å². The van der Waals surface area contributed by atoms with Crippen molar-refractivity contribution in [2.45, 2.75) is 108 Å². The van der Waals surface area contributed by atoms with Crippen molar-refractivity contribution in [1.29, 1.82) is 0 Å². The summed E-state index contributed by atoms with van der Waals surface area (Å²) >= 11 is 6.00. The monoisotopic (exact) mass is 754 g/mol. The number of nitrogens with one attached hydrogen (secondary N) is 4. The molecule has 0 radical (unpaired) electrons. The first kappa shape index (κ1) is 38.8. The molecule has 4 bridgehead atoms. The molecule has 14 heteroatoms. The van der Waals surface area contributed by atoms with E-state index in [1.807, 2.05) is 41.8 Å². The number of aryl methyl sites for hydroxylation is 1. The molecule has 53 heavy (non-hydrogen) atoms. The predicted molar refractivity (Wildman–Crippen MR) is 199 cm³/mol. The molecule has 288 valence electrons. The number of amides is 4. The zero-order chi connectivity index (χ0) is 37.5. The highest BCUT2D eigenvalue weighted by atomic mass is 35.5. The van der Waals surface area contributed by atoms with E-state index in [9.17, 15) is 23.6 Å². The lowest BCUT2D eigenvalue weighted by Gasteiger charge is -2.38. The van der Waals surface area contributed by atoms with Gasteiger partial charge in [0.15, 0.2) is 0 Å². The standard InChI is InChI=1S/C39H52ClFN6O6/c1-3-52-38(50)46-29-6-7-30(46)21-27(20-29)42-13-15-44-36(48)33-10-4-25(18-24(33)2)12-17-53-39(51)47-31-8-9-32(47)23-28(22-31)43-14-16-45-37(49)34-11-5-26(41)19-35(34)40/h4-5,10-11,18-19,27-32,42-43H,3,6-9,12-17,20-23H2,1-2H3,(H,44,48)(H,45,49). The number of ether oxygens (including phenoxy) is 2. The van der Waals surface area contributed by atoms with E-state index in [0.717, 1.165) is 68.6 Å². The Morgan fingerprint density at radius 2 is 1.25 bits per heavy atom. The largest absolute Gasteiger partial charge is 0.450 e. The summed E-state index contributed by atoms with van der Waals surface area (Å²) in [6, 6.07) is 10.6. The van der Waals surface area contributed by atoms with E-state index in [1.54, 1.807) is 0 Å². The van der Waals surface area contributed by atoms with Crippen LogP contribution in [0.25, 0.3) is 0 Å². The van der Waals surface area contributed by atoms with Crippen LogP contribution >= 0.6 is 11.6 Å². The van der Waals surface area contributed by atoms with Gasteiger partial charge in [-0.25, -0.2) is 14.0 Å². The molecule has 4 unspecified atom stereocenters. The Kier molecular flexibility index (Phi) is 13.1. The van der Waals surface area contributed by atoms with E-state index in [4.69, 9.17) is 21.1 Å². The molecule has 0 saturated carbocycles. The smallest absolute Gasteiger partial charge is 0.410 e. The molecule has 4 saturated heterocycles. The van der Waals surface area contributed by atoms with Gasteiger partial charge in [-0.05, 0) is 101 Å². The Labute approximate surface area is 315 Å². The first-order valence-electron chi connectivity index (χ1n) is 19.1. The molecule has 4 atom stereocenters. The molecule has 4 aliphatic rings. The number of rotatable bonds is 14. The minimum Gasteiger partial charge on any atom is -0.450 e. The summed E-state index contributed by atoms with van der Waals surface area (Å²) in [6.45, 7) is 6.52. The number of carbonyl (C=O) groups excluding carboxylic acids is 4. The second-order valence-corrected chi connectivity index (χ2v) is 15.1. The summed E-state index contributed by atoms with van der Waals surface area (Å²) in [4.78, 5) is 54.7. The highest BCUT2D eigenvalue weighted by molar-refractivity contribution is 6.33. The van der Waals surface area contributed by atoms with Crippen LogP contribution in [0.15, 0.2) is 36.4 Å². The molecule has 4 aliphatic heterocycles. The third-order valence-electron chi connectivity index (χ3n) is 11.2. The van der Waals surface area contributed by atoms with Gasteiger partial charge >= 0.3 is 12.2 Å². The van der Waals surface area contributed by atoms with Gasteiger partial charge < -0.3 is 40.5 Å². The molecular formula is C39H52ClFN6O6. The normalized spacial score (nSPS) is 24.5. The molecule has 0 aromatic heterocycles. The van der Waals surface area contributed by atoms with Crippen LogP contribution in [0.2, 0.25) is 5.02 Å². The third-order valence-corrected chi connectivity index (χ3v) is 11.5. The van der Waals surface area contributed by atoms with Crippen molar-refractivity contribution in [3.63, 3.8) is 0 Å². The Morgan fingerprint density at radius 1 is 0.736 bits per heavy atom. The Morgan fingerprint density at radius 3 is 1.75 bits per heavy atom. The summed E-state index contributed by atoms with van der Waals surface area (Å²) in [7, 11) is 0. The molecule has 4 heterocycles. The van der Waals surface area contributed by atoms with Crippen LogP contribution in [-0.2, 0) is 15.9 Å². The second-order valence-electron chi connectivity index (χ2n) is 14.7. The molecule has 4 amide bonds. The van der Waals surface area contributed by atoms with Crippen molar-refractivity contribution in [2.75, 3.05) is 39.4 Å². The van der Waals surface area contributed by atoms with Crippen LogP contribution in [0.5, 0.6) is 0 Å². The zero-order valence-electron chi connectivity index (χ0n) is 30.6. The predicted octanol–water partition coefficient (Wildman–Crippen LogP) is 4.95. The van der Waals surface area contributed by atoms with E-state index >= 15 is 0 Å². The van der Waals surface area contributed by atoms with E-state index in [1.165, 1.54) is 12.1 Å². The molecule has 4 fully saturated rings. The fourth-order valence-electron chi connectivity index (χ4n) is 8.72. The van der Waals surface area contributed by atoms with Gasteiger partial charge in [0.25, 0.3) is 11.8 Å². The molecule has 6 rings (SSSR count). The van der Waals surface area contributed by atoms with Gasteiger partial charge in [-0.2, -0.15) is 0 Å². The number of carbonyl (C=O) groups is 4. The maximum atomic E-state index is 13.3. The average molecular weight is 755 g/mol. The lowest BCUT2D eigenvalue weighted by Crippen LogP contribution is -2.52. The van der Waals surface area contributed by atoms with Crippen LogP contribution in [0, 0.1) is 12.7 Å². The van der Waals surface area contributed by atoms with Crippen LogP contribution in [0.4, 0.5) is 14.0 Å². The van der Waals surface area contributed by atoms with Gasteiger partial charge in [-0.15, -0.1) is 0 Å². The summed E-state index contributed by atoms with van der Waals surface area (Å²) in [5.74, 6) is -0.956. The van der Waals surface area contributed by atoms with E-state index in [2.05, 4.69) is 21.3 Å². The zero-order valence-corrected chi connectivity index (χ0v) is 31.4. The lowest BCUT2D eigenvalue weighted by molar-refractivity contribution is 0.0631. The fraction of sp³-hybridized carbons (Fsp3) is 0.590. The highest BCUT2D eigenvalue weighted by Crippen LogP contribution is 2.37. The highest BCUT2D eigenvalue weighted by Gasteiger charge is 2.45. The summed E-state index contributed by atoms with van der Waals surface area (Å²) in [6.07, 6.45) is 7.42. The minimum absolute atomic E-state index is 0.0774. The number of hydrogen-bond acceptors (Lipinski definition) is 8. The van der Waals surface area contributed by atoms with Crippen molar-refractivity contribution in [3.05, 3.63) is 69.5 Å². The van der Waals surface area contributed by atoms with Crippen LogP contribution in [0.1, 0.15) is 90.1 Å². The lowest BCUT2D eigenvalue weighted by atomic mass is 9.98. The van der Waals surface area contributed by atoms with Gasteiger partial charge in [-0.1, -0.05) is 23.7 Å². The molecule has 2 aromatic rings. The van der Waals surface area contributed by atoms with E-state index in [-0.39, 0.29) is 71.4 Å². The maximum Gasteiger partial charge on any atom is 0.410 e. The van der Waals surface area contributed by atoms with Gasteiger partial charge in [0.2, 0.25) is 0 Å². The Balaban J connectivity index is 0.859. The van der Waals surface area contributed by atoms with Gasteiger partial charge in [-0.3, -0.25) is 9.59 Å². The maximum absolute atomic E-state index is 13.3. The van der Waals surface area contributed by atoms with Gasteiger partial charge in [0.1, 0.15) is 5.82 Å². The number of hydrogen-bond donors (Lipinski definition) is 4. The Hall–Kier alpha value is -3.94. The van der Waals surface area contributed by atoms with Crippen molar-refractivity contribution < 1.29 is 33.0 Å². The molecule has 2 aromatic carbocycles. The van der Waals surface area contributed by atoms with Crippen molar-refractivity contribution >= 4 is 35.6 Å². The molecular weight excluding hydrogens is 703 g/mol. The molecule has 0 aliphatic carbocycles. The number of halogens is 2. The van der Waals surface area contributed by atoms with Gasteiger partial charge in [0.05, 0.1) is 23.8 Å². The van der Waals surface area contributed by atoms with Gasteiger partial charge in [0, 0.05) is 74.4 Å². The number of fused-ring (bicyclic) bond motifs is 4. The first-order valence-corrected chi connectivity index (χ1v) is 19.5. The van der Waals surface area contributed by atoms with E-state index in [0.29, 0.717) is 50.8 Å². The average Bonchev–Trinajstić information content (AvgIpc) is 3.56. The van der Waals surface area contributed by atoms with Crippen LogP contribution in [0.3, 0.4) is 0 Å². The second kappa shape index (κ2) is 17.9. The first-order chi connectivity index (χ1) is 25.6. The van der Waals surface area contributed by atoms with Crippen molar-refractivity contribution in [2.24, 2.45) is 0 Å². The number of benzene rings is 2. The fourth-order valence-corrected chi connectivity index (χ4v) is 8.97. The topological polar surface area (TPSA) is 141 Å². The quantitative estimate of drug-likeness (QED) is 0.199. The minimum atomic E-state index is -0.490. The Bertz CT molecular complexity index is 1620. The summed E-state index contributed by atoms with van der Waals surface area (Å²) in [5.41, 5.74) is 2.73. The van der Waals surface area contributed by atoms with Crippen LogP contribution in [-0.4, -0.2) is 109 Å². The van der Waals surface area contributed by atoms with Crippen molar-refractivity contribution in [1.82, 2.24) is 31.1 Å². The SMILES string of the molecule is CCOC(=O)N1C2CCC1CC(NCCNC(=O)c1ccc(CCOC(=O)N3C4CCC3CC(NCCNC(=O)c3ccc(F)cc3Cl)C4)cc1C)C2. The molecule has 12 nitrogen and oxygen atoms in total.